The summed E-state index contributed by atoms with van der Waals surface area (Å²) in [7, 11) is 0. The van der Waals surface area contributed by atoms with Crippen LogP contribution in [0, 0.1) is 5.41 Å². The highest BCUT2D eigenvalue weighted by atomic mass is 16.5. The van der Waals surface area contributed by atoms with E-state index in [2.05, 4.69) is 74.2 Å². The van der Waals surface area contributed by atoms with Gasteiger partial charge < -0.3 is 9.64 Å². The molecule has 3 aromatic rings. The van der Waals surface area contributed by atoms with Gasteiger partial charge in [-0.2, -0.15) is 0 Å². The van der Waals surface area contributed by atoms with Crippen molar-refractivity contribution in [2.75, 3.05) is 13.1 Å². The summed E-state index contributed by atoms with van der Waals surface area (Å²) >= 11 is 0. The number of ether oxygens (including phenoxy) is 1. The Bertz CT molecular complexity index is 927. The lowest BCUT2D eigenvalue weighted by Crippen LogP contribution is -2.43. The molecule has 30 heavy (non-hydrogen) atoms. The van der Waals surface area contributed by atoms with Crippen LogP contribution in [-0.4, -0.2) is 23.8 Å². The second-order valence-corrected chi connectivity index (χ2v) is 9.02. The fourth-order valence-electron chi connectivity index (χ4n) is 3.96. The summed E-state index contributed by atoms with van der Waals surface area (Å²) in [6, 6.07) is 29.1. The van der Waals surface area contributed by atoms with Crippen molar-refractivity contribution in [3.63, 3.8) is 0 Å². The van der Waals surface area contributed by atoms with Crippen LogP contribution in [0.5, 0.6) is 0 Å². The lowest BCUT2D eigenvalue weighted by Gasteiger charge is -2.40. The molecule has 3 heteroatoms. The molecule has 3 nitrogen and oxygen atoms in total. The predicted octanol–water partition coefficient (Wildman–Crippen LogP) is 6.12. The number of hydrogen-bond acceptors (Lipinski definition) is 2. The van der Waals surface area contributed by atoms with Gasteiger partial charge in [-0.3, -0.25) is 5.41 Å². The average molecular weight is 399 g/mol. The third kappa shape index (κ3) is 4.47. The van der Waals surface area contributed by atoms with Crippen molar-refractivity contribution in [3.05, 3.63) is 107 Å². The molecular weight excluding hydrogens is 368 g/mol. The molecule has 0 spiro atoms. The van der Waals surface area contributed by atoms with Gasteiger partial charge >= 0.3 is 0 Å². The standard InChI is InChI=1S/C27H30N2O/c1-27(2,3)23-16-14-22(15-17-23)26(28)29-18-24(20-10-6-4-7-11-20)30-25(19-29)21-12-8-5-9-13-21/h4-17,24-25,28H,18-19H2,1-3H3. The van der Waals surface area contributed by atoms with Crippen molar-refractivity contribution in [1.29, 1.82) is 5.41 Å². The van der Waals surface area contributed by atoms with Crippen LogP contribution >= 0.6 is 0 Å². The average Bonchev–Trinajstić information content (AvgIpc) is 2.79. The Kier molecular flexibility index (Phi) is 5.74. The highest BCUT2D eigenvalue weighted by Crippen LogP contribution is 2.33. The second-order valence-electron chi connectivity index (χ2n) is 9.02. The summed E-state index contributed by atoms with van der Waals surface area (Å²) in [4.78, 5) is 2.16. The van der Waals surface area contributed by atoms with Crippen LogP contribution < -0.4 is 0 Å². The molecular formula is C27H30N2O. The number of benzene rings is 3. The summed E-state index contributed by atoms with van der Waals surface area (Å²) in [6.07, 6.45) is -0.140. The van der Waals surface area contributed by atoms with Crippen LogP contribution in [0.1, 0.15) is 55.2 Å². The Morgan fingerprint density at radius 3 is 1.67 bits per heavy atom. The van der Waals surface area contributed by atoms with E-state index < -0.39 is 0 Å². The van der Waals surface area contributed by atoms with E-state index in [9.17, 15) is 0 Å². The Morgan fingerprint density at radius 1 is 0.767 bits per heavy atom. The molecule has 0 bridgehead atoms. The number of nitrogens with zero attached hydrogens (tertiary/aromatic N) is 1. The molecule has 154 valence electrons. The molecule has 1 aliphatic heterocycles. The highest BCUT2D eigenvalue weighted by Gasteiger charge is 2.31. The minimum Gasteiger partial charge on any atom is -0.362 e. The van der Waals surface area contributed by atoms with Crippen molar-refractivity contribution >= 4 is 5.84 Å². The normalized spacial score (nSPS) is 19.5. The molecule has 2 unspecified atom stereocenters. The summed E-state index contributed by atoms with van der Waals surface area (Å²) in [5.74, 6) is 0.556. The Balaban J connectivity index is 1.61. The van der Waals surface area contributed by atoms with Crippen LogP contribution in [0.15, 0.2) is 84.9 Å². The number of nitrogens with one attached hydrogen (secondary N) is 1. The lowest BCUT2D eigenvalue weighted by molar-refractivity contribution is -0.0710. The minimum atomic E-state index is -0.0700. The third-order valence-electron chi connectivity index (χ3n) is 5.78. The zero-order valence-electron chi connectivity index (χ0n) is 18.0. The molecule has 2 atom stereocenters. The van der Waals surface area contributed by atoms with Gasteiger partial charge in [0, 0.05) is 18.7 Å². The number of amidine groups is 1. The molecule has 0 amide bonds. The van der Waals surface area contributed by atoms with Crippen molar-refractivity contribution in [2.45, 2.75) is 38.4 Å². The summed E-state index contributed by atoms with van der Waals surface area (Å²) in [6.45, 7) is 7.99. The van der Waals surface area contributed by atoms with Crippen LogP contribution in [-0.2, 0) is 10.2 Å². The van der Waals surface area contributed by atoms with Crippen LogP contribution in [0.2, 0.25) is 0 Å². The molecule has 0 radical (unpaired) electrons. The van der Waals surface area contributed by atoms with Gasteiger partial charge in [-0.15, -0.1) is 0 Å². The highest BCUT2D eigenvalue weighted by molar-refractivity contribution is 5.96. The zero-order chi connectivity index (χ0) is 21.1. The fraction of sp³-hybridized carbons (Fsp3) is 0.296. The zero-order valence-corrected chi connectivity index (χ0v) is 18.0. The maximum Gasteiger partial charge on any atom is 0.128 e. The third-order valence-corrected chi connectivity index (χ3v) is 5.78. The van der Waals surface area contributed by atoms with E-state index in [4.69, 9.17) is 10.1 Å². The van der Waals surface area contributed by atoms with Crippen molar-refractivity contribution in [3.8, 4) is 0 Å². The van der Waals surface area contributed by atoms with Gasteiger partial charge in [-0.25, -0.2) is 0 Å². The quantitative estimate of drug-likeness (QED) is 0.426. The number of rotatable bonds is 3. The first-order valence-electron chi connectivity index (χ1n) is 10.6. The molecule has 1 aliphatic rings. The second kappa shape index (κ2) is 8.45. The van der Waals surface area contributed by atoms with Gasteiger partial charge in [-0.1, -0.05) is 106 Å². The molecule has 0 aliphatic carbocycles. The molecule has 3 aromatic carbocycles. The molecule has 1 heterocycles. The Hall–Kier alpha value is -2.91. The largest absolute Gasteiger partial charge is 0.362 e. The molecule has 1 fully saturated rings. The molecule has 0 aromatic heterocycles. The molecule has 1 saturated heterocycles. The van der Waals surface area contributed by atoms with E-state index in [1.165, 1.54) is 5.56 Å². The van der Waals surface area contributed by atoms with Crippen molar-refractivity contribution in [1.82, 2.24) is 4.90 Å². The minimum absolute atomic E-state index is 0.0700. The van der Waals surface area contributed by atoms with Gasteiger partial charge in [-0.05, 0) is 22.1 Å². The van der Waals surface area contributed by atoms with E-state index in [-0.39, 0.29) is 17.6 Å². The van der Waals surface area contributed by atoms with Crippen LogP contribution in [0.25, 0.3) is 0 Å². The summed E-state index contributed by atoms with van der Waals surface area (Å²) < 4.78 is 6.50. The fourth-order valence-corrected chi connectivity index (χ4v) is 3.96. The monoisotopic (exact) mass is 398 g/mol. The first kappa shape index (κ1) is 20.4. The Morgan fingerprint density at radius 2 is 1.23 bits per heavy atom. The molecule has 0 saturated carbocycles. The summed E-state index contributed by atoms with van der Waals surface area (Å²) in [5.41, 5.74) is 4.64. The van der Waals surface area contributed by atoms with Crippen LogP contribution in [0.4, 0.5) is 0 Å². The van der Waals surface area contributed by atoms with E-state index in [0.29, 0.717) is 18.9 Å². The smallest absolute Gasteiger partial charge is 0.128 e. The molecule has 4 rings (SSSR count). The molecule has 1 N–H and O–H groups in total. The summed E-state index contributed by atoms with van der Waals surface area (Å²) in [5, 5.41) is 8.93. The van der Waals surface area contributed by atoms with E-state index in [1.54, 1.807) is 0 Å². The maximum atomic E-state index is 8.93. The van der Waals surface area contributed by atoms with E-state index >= 15 is 0 Å². The first-order valence-corrected chi connectivity index (χ1v) is 10.6. The van der Waals surface area contributed by atoms with Crippen LogP contribution in [0.3, 0.4) is 0 Å². The van der Waals surface area contributed by atoms with Gasteiger partial charge in [0.15, 0.2) is 0 Å². The predicted molar refractivity (Wildman–Crippen MR) is 123 cm³/mol. The SMILES string of the molecule is CC(C)(C)c1ccc(C(=N)N2CC(c3ccccc3)OC(c3ccccc3)C2)cc1. The number of morpholine rings is 1. The van der Waals surface area contributed by atoms with Gasteiger partial charge in [0.05, 0.1) is 0 Å². The maximum absolute atomic E-state index is 8.93. The number of hydrogen-bond donors (Lipinski definition) is 1. The van der Waals surface area contributed by atoms with Gasteiger partial charge in [0.1, 0.15) is 18.0 Å². The topological polar surface area (TPSA) is 36.3 Å². The van der Waals surface area contributed by atoms with Crippen molar-refractivity contribution < 1.29 is 4.74 Å². The van der Waals surface area contributed by atoms with E-state index in [0.717, 1.165) is 16.7 Å². The first-order chi connectivity index (χ1) is 14.4. The Labute approximate surface area is 179 Å². The lowest BCUT2D eigenvalue weighted by atomic mass is 9.86. The van der Waals surface area contributed by atoms with E-state index in [1.807, 2.05) is 36.4 Å². The van der Waals surface area contributed by atoms with Gasteiger partial charge in [0.2, 0.25) is 0 Å². The van der Waals surface area contributed by atoms with Crippen molar-refractivity contribution in [2.24, 2.45) is 0 Å². The van der Waals surface area contributed by atoms with Gasteiger partial charge in [0.25, 0.3) is 0 Å².